The number of methoxy groups -OCH3 is 1. The minimum atomic E-state index is -0.746. The van der Waals surface area contributed by atoms with Crippen molar-refractivity contribution in [1.82, 2.24) is 14.8 Å². The topological polar surface area (TPSA) is 81.1 Å². The Morgan fingerprint density at radius 2 is 1.78 bits per heavy atom. The zero-order valence-corrected chi connectivity index (χ0v) is 20.1. The highest BCUT2D eigenvalue weighted by molar-refractivity contribution is 6.12. The monoisotopic (exact) mass is 499 g/mol. The molecule has 2 heterocycles. The molecule has 0 spiro atoms. The number of aryl methyl sites for hydroxylation is 1. The van der Waals surface area contributed by atoms with Crippen molar-refractivity contribution >= 4 is 28.3 Å². The van der Waals surface area contributed by atoms with Crippen LogP contribution in [0.2, 0.25) is 0 Å². The molecule has 5 rings (SSSR count). The molecule has 0 unspecified atom stereocenters. The van der Waals surface area contributed by atoms with Crippen LogP contribution in [0.25, 0.3) is 16.7 Å². The molecule has 0 radical (unpaired) electrons. The number of amides is 1. The molecular weight excluding hydrogens is 476 g/mol. The molecule has 186 valence electrons. The molecule has 0 aliphatic rings. The third-order valence-corrected chi connectivity index (χ3v) is 5.92. The van der Waals surface area contributed by atoms with Gasteiger partial charge in [-0.3, -0.25) is 4.79 Å². The normalized spacial score (nSPS) is 10.9. The SMILES string of the molecule is COc1ccc(CNc2c(C(=O)Nc3cc(F)ccc3F)cnc3c2c(C)nn3-c2ccccc2)cc1. The van der Waals surface area contributed by atoms with Gasteiger partial charge in [0.2, 0.25) is 0 Å². The Bertz CT molecular complexity index is 1580. The number of rotatable bonds is 7. The van der Waals surface area contributed by atoms with Gasteiger partial charge in [-0.15, -0.1) is 0 Å². The Kier molecular flexibility index (Phi) is 6.51. The summed E-state index contributed by atoms with van der Waals surface area (Å²) in [4.78, 5) is 17.8. The van der Waals surface area contributed by atoms with E-state index in [1.54, 1.807) is 11.8 Å². The second-order valence-electron chi connectivity index (χ2n) is 8.36. The first-order valence-corrected chi connectivity index (χ1v) is 11.5. The number of aromatic nitrogens is 3. The number of carbonyl (C=O) groups excluding carboxylic acids is 1. The van der Waals surface area contributed by atoms with E-state index < -0.39 is 17.5 Å². The average Bonchev–Trinajstić information content (AvgIpc) is 3.26. The fraction of sp³-hybridized carbons (Fsp3) is 0.107. The molecule has 7 nitrogen and oxygen atoms in total. The van der Waals surface area contributed by atoms with Gasteiger partial charge in [-0.25, -0.2) is 18.4 Å². The number of benzene rings is 3. The van der Waals surface area contributed by atoms with Gasteiger partial charge in [0.05, 0.1) is 40.8 Å². The number of anilines is 2. The summed E-state index contributed by atoms with van der Waals surface area (Å²) in [6.45, 7) is 2.21. The van der Waals surface area contributed by atoms with Gasteiger partial charge in [0.1, 0.15) is 17.4 Å². The number of hydrogen-bond acceptors (Lipinski definition) is 5. The summed E-state index contributed by atoms with van der Waals surface area (Å²) >= 11 is 0. The minimum absolute atomic E-state index is 0.167. The van der Waals surface area contributed by atoms with Gasteiger partial charge in [0.15, 0.2) is 5.65 Å². The van der Waals surface area contributed by atoms with Crippen molar-refractivity contribution in [1.29, 1.82) is 0 Å². The average molecular weight is 500 g/mol. The van der Waals surface area contributed by atoms with Crippen LogP contribution in [0.4, 0.5) is 20.2 Å². The number of halogens is 2. The summed E-state index contributed by atoms with van der Waals surface area (Å²) in [5.74, 6) is -1.32. The van der Waals surface area contributed by atoms with Crippen LogP contribution in [0.1, 0.15) is 21.6 Å². The second kappa shape index (κ2) is 10.1. The van der Waals surface area contributed by atoms with Crippen LogP contribution in [0, 0.1) is 18.6 Å². The van der Waals surface area contributed by atoms with E-state index in [-0.39, 0.29) is 11.3 Å². The van der Waals surface area contributed by atoms with Crippen LogP contribution >= 0.6 is 0 Å². The first kappa shape index (κ1) is 23.9. The van der Waals surface area contributed by atoms with Gasteiger partial charge in [-0.2, -0.15) is 5.10 Å². The van der Waals surface area contributed by atoms with E-state index in [1.807, 2.05) is 61.5 Å². The first-order chi connectivity index (χ1) is 17.9. The number of nitrogens with one attached hydrogen (secondary N) is 2. The fourth-order valence-electron chi connectivity index (χ4n) is 4.07. The lowest BCUT2D eigenvalue weighted by Gasteiger charge is -2.15. The molecule has 37 heavy (non-hydrogen) atoms. The number of pyridine rings is 1. The second-order valence-corrected chi connectivity index (χ2v) is 8.36. The summed E-state index contributed by atoms with van der Waals surface area (Å²) in [5, 5.41) is 11.1. The molecule has 9 heteroatoms. The van der Waals surface area contributed by atoms with E-state index in [0.29, 0.717) is 29.0 Å². The lowest BCUT2D eigenvalue weighted by Crippen LogP contribution is -2.17. The van der Waals surface area contributed by atoms with Crippen LogP contribution in [0.5, 0.6) is 5.75 Å². The Hall–Kier alpha value is -4.79. The molecule has 0 saturated heterocycles. The predicted octanol–water partition coefficient (Wildman–Crippen LogP) is 5.88. The van der Waals surface area contributed by atoms with E-state index >= 15 is 0 Å². The van der Waals surface area contributed by atoms with Gasteiger partial charge in [0.25, 0.3) is 5.91 Å². The predicted molar refractivity (Wildman–Crippen MR) is 138 cm³/mol. The first-order valence-electron chi connectivity index (χ1n) is 11.5. The molecule has 0 saturated carbocycles. The summed E-state index contributed by atoms with van der Waals surface area (Å²) in [6, 6.07) is 19.9. The number of ether oxygens (including phenoxy) is 1. The third-order valence-electron chi connectivity index (χ3n) is 5.92. The largest absolute Gasteiger partial charge is 0.497 e. The van der Waals surface area contributed by atoms with Crippen LogP contribution < -0.4 is 15.4 Å². The Labute approximate surface area is 211 Å². The van der Waals surface area contributed by atoms with Gasteiger partial charge >= 0.3 is 0 Å². The summed E-state index contributed by atoms with van der Waals surface area (Å²) in [7, 11) is 1.60. The van der Waals surface area contributed by atoms with Gasteiger partial charge < -0.3 is 15.4 Å². The maximum Gasteiger partial charge on any atom is 0.259 e. The van der Waals surface area contributed by atoms with Crippen molar-refractivity contribution in [3.05, 3.63) is 107 Å². The maximum atomic E-state index is 14.2. The molecule has 0 bridgehead atoms. The zero-order chi connectivity index (χ0) is 25.9. The standard InChI is InChI=1S/C28H23F2N5O2/c1-17-25-26(31-15-18-8-11-21(37-2)12-9-18)22(28(36)33-24-14-19(29)10-13-23(24)30)16-32-27(25)35(34-17)20-6-4-3-5-7-20/h3-14,16H,15H2,1-2H3,(H,31,32)(H,33,36). The highest BCUT2D eigenvalue weighted by Crippen LogP contribution is 2.32. The number of nitrogens with zero attached hydrogens (tertiary/aromatic N) is 3. The van der Waals surface area contributed by atoms with E-state index in [4.69, 9.17) is 4.74 Å². The van der Waals surface area contributed by atoms with Gasteiger partial charge in [-0.05, 0) is 48.9 Å². The van der Waals surface area contributed by atoms with Crippen molar-refractivity contribution in [2.24, 2.45) is 0 Å². The molecule has 0 aliphatic carbocycles. The highest BCUT2D eigenvalue weighted by Gasteiger charge is 2.22. The van der Waals surface area contributed by atoms with Crippen molar-refractivity contribution in [3.8, 4) is 11.4 Å². The summed E-state index contributed by atoms with van der Waals surface area (Å²) < 4.78 is 34.9. The Morgan fingerprint density at radius 3 is 2.51 bits per heavy atom. The number of carbonyl (C=O) groups is 1. The van der Waals surface area contributed by atoms with E-state index in [0.717, 1.165) is 35.2 Å². The highest BCUT2D eigenvalue weighted by atomic mass is 19.1. The Morgan fingerprint density at radius 1 is 1.03 bits per heavy atom. The number of hydrogen-bond donors (Lipinski definition) is 2. The number of fused-ring (bicyclic) bond motifs is 1. The third kappa shape index (κ3) is 4.84. The van der Waals surface area contributed by atoms with Gasteiger partial charge in [0, 0.05) is 18.8 Å². The van der Waals surface area contributed by atoms with E-state index in [9.17, 15) is 13.6 Å². The van der Waals surface area contributed by atoms with Crippen molar-refractivity contribution in [2.45, 2.75) is 13.5 Å². The smallest absolute Gasteiger partial charge is 0.259 e. The van der Waals surface area contributed by atoms with Crippen molar-refractivity contribution in [3.63, 3.8) is 0 Å². The lowest BCUT2D eigenvalue weighted by molar-refractivity contribution is 0.102. The lowest BCUT2D eigenvalue weighted by atomic mass is 10.1. The van der Waals surface area contributed by atoms with Crippen molar-refractivity contribution in [2.75, 3.05) is 17.7 Å². The van der Waals surface area contributed by atoms with Gasteiger partial charge in [-0.1, -0.05) is 30.3 Å². The molecular formula is C28H23F2N5O2. The molecule has 2 aromatic heterocycles. The summed E-state index contributed by atoms with van der Waals surface area (Å²) in [6.07, 6.45) is 1.41. The zero-order valence-electron chi connectivity index (χ0n) is 20.1. The molecule has 2 N–H and O–H groups in total. The summed E-state index contributed by atoms with van der Waals surface area (Å²) in [5.41, 5.74) is 3.34. The van der Waals surface area contributed by atoms with E-state index in [1.165, 1.54) is 6.20 Å². The minimum Gasteiger partial charge on any atom is -0.497 e. The molecule has 0 atom stereocenters. The van der Waals surface area contributed by atoms with Crippen LogP contribution in [-0.4, -0.2) is 27.8 Å². The van der Waals surface area contributed by atoms with Crippen molar-refractivity contribution < 1.29 is 18.3 Å². The van der Waals surface area contributed by atoms with Crippen LogP contribution in [0.15, 0.2) is 79.0 Å². The molecule has 5 aromatic rings. The molecule has 0 aliphatic heterocycles. The maximum absolute atomic E-state index is 14.2. The molecule has 0 fully saturated rings. The quantitative estimate of drug-likeness (QED) is 0.292. The fourth-order valence-corrected chi connectivity index (χ4v) is 4.07. The molecule has 1 amide bonds. The van der Waals surface area contributed by atoms with Crippen LogP contribution in [0.3, 0.4) is 0 Å². The van der Waals surface area contributed by atoms with E-state index in [2.05, 4.69) is 20.7 Å². The Balaban J connectivity index is 1.59. The molecule has 3 aromatic carbocycles. The number of para-hydroxylation sites is 1. The van der Waals surface area contributed by atoms with Crippen LogP contribution in [-0.2, 0) is 6.54 Å².